The van der Waals surface area contributed by atoms with Crippen molar-refractivity contribution in [3.63, 3.8) is 0 Å². The van der Waals surface area contributed by atoms with Gasteiger partial charge in [0.1, 0.15) is 5.82 Å². The largest absolute Gasteiger partial charge is 0.367 e. The number of anilines is 1. The fourth-order valence-electron chi connectivity index (χ4n) is 1.77. The van der Waals surface area contributed by atoms with Crippen LogP contribution >= 0.6 is 15.9 Å². The van der Waals surface area contributed by atoms with Crippen LogP contribution in [0.15, 0.2) is 40.9 Å². The summed E-state index contributed by atoms with van der Waals surface area (Å²) in [5.41, 5.74) is 0.843. The molecule has 0 atom stereocenters. The van der Waals surface area contributed by atoms with E-state index in [-0.39, 0.29) is 17.5 Å². The lowest BCUT2D eigenvalue weighted by Gasteiger charge is -2.07. The van der Waals surface area contributed by atoms with Crippen LogP contribution in [0.25, 0.3) is 0 Å². The molecule has 23 heavy (non-hydrogen) atoms. The lowest BCUT2D eigenvalue weighted by molar-refractivity contribution is 0.0947. The number of rotatable bonds is 6. The second-order valence-corrected chi connectivity index (χ2v) is 5.49. The third kappa shape index (κ3) is 5.03. The van der Waals surface area contributed by atoms with Crippen LogP contribution in [-0.2, 0) is 0 Å². The van der Waals surface area contributed by atoms with Crippen LogP contribution in [0.1, 0.15) is 20.8 Å². The van der Waals surface area contributed by atoms with E-state index in [2.05, 4.69) is 42.1 Å². The van der Waals surface area contributed by atoms with Gasteiger partial charge in [-0.25, -0.2) is 0 Å². The number of hydrogen-bond donors (Lipinski definition) is 3. The third-order valence-corrected chi connectivity index (χ3v) is 3.42. The van der Waals surface area contributed by atoms with Gasteiger partial charge in [0.05, 0.1) is 0 Å². The third-order valence-electron chi connectivity index (χ3n) is 2.93. The van der Waals surface area contributed by atoms with Crippen molar-refractivity contribution in [2.75, 3.05) is 25.5 Å². The highest BCUT2D eigenvalue weighted by Crippen LogP contribution is 2.11. The quantitative estimate of drug-likeness (QED) is 0.662. The minimum absolute atomic E-state index is 0.144. The van der Waals surface area contributed by atoms with E-state index in [1.807, 2.05) is 6.07 Å². The van der Waals surface area contributed by atoms with Gasteiger partial charge in [0, 0.05) is 30.2 Å². The van der Waals surface area contributed by atoms with Crippen LogP contribution < -0.4 is 16.0 Å². The minimum Gasteiger partial charge on any atom is -0.367 e. The molecule has 8 heteroatoms. The molecule has 0 bridgehead atoms. The second-order valence-electron chi connectivity index (χ2n) is 4.58. The minimum atomic E-state index is -0.287. The van der Waals surface area contributed by atoms with Gasteiger partial charge < -0.3 is 16.0 Å². The Hall–Kier alpha value is -2.48. The first-order chi connectivity index (χ1) is 11.1. The van der Waals surface area contributed by atoms with Gasteiger partial charge in [0.15, 0.2) is 5.69 Å². The predicted molar refractivity (Wildman–Crippen MR) is 90.4 cm³/mol. The van der Waals surface area contributed by atoms with E-state index in [0.717, 1.165) is 4.47 Å². The lowest BCUT2D eigenvalue weighted by atomic mass is 10.2. The number of benzene rings is 1. The fourth-order valence-corrected chi connectivity index (χ4v) is 2.17. The molecule has 120 valence electrons. The molecular weight excluding hydrogens is 362 g/mol. The first-order valence-electron chi connectivity index (χ1n) is 6.93. The molecule has 2 rings (SSSR count). The highest BCUT2D eigenvalue weighted by molar-refractivity contribution is 9.10. The van der Waals surface area contributed by atoms with Crippen molar-refractivity contribution in [2.24, 2.45) is 0 Å². The molecule has 0 saturated heterocycles. The average Bonchev–Trinajstić information content (AvgIpc) is 2.58. The number of carbonyl (C=O) groups is 2. The molecule has 2 aromatic rings. The van der Waals surface area contributed by atoms with Crippen LogP contribution in [0.2, 0.25) is 0 Å². The van der Waals surface area contributed by atoms with E-state index >= 15 is 0 Å². The Balaban J connectivity index is 1.77. The predicted octanol–water partition coefficient (Wildman–Crippen LogP) is 1.44. The molecule has 0 radical (unpaired) electrons. The van der Waals surface area contributed by atoms with Crippen LogP contribution in [0.5, 0.6) is 0 Å². The van der Waals surface area contributed by atoms with Gasteiger partial charge in [-0.2, -0.15) is 0 Å². The van der Waals surface area contributed by atoms with E-state index in [4.69, 9.17) is 0 Å². The zero-order valence-electron chi connectivity index (χ0n) is 12.5. The van der Waals surface area contributed by atoms with Gasteiger partial charge in [-0.1, -0.05) is 22.0 Å². The van der Waals surface area contributed by atoms with Crippen LogP contribution in [0.4, 0.5) is 5.82 Å². The van der Waals surface area contributed by atoms with Crippen molar-refractivity contribution in [1.29, 1.82) is 0 Å². The Bertz CT molecular complexity index is 691. The van der Waals surface area contributed by atoms with Gasteiger partial charge in [-0.15, -0.1) is 10.2 Å². The van der Waals surface area contributed by atoms with E-state index in [9.17, 15) is 9.59 Å². The van der Waals surface area contributed by atoms with Crippen molar-refractivity contribution in [1.82, 2.24) is 20.8 Å². The van der Waals surface area contributed by atoms with Crippen molar-refractivity contribution in [2.45, 2.75) is 0 Å². The van der Waals surface area contributed by atoms with Crippen molar-refractivity contribution in [3.8, 4) is 0 Å². The maximum atomic E-state index is 11.9. The maximum Gasteiger partial charge on any atom is 0.271 e. The molecular formula is C15H16BrN5O2. The molecule has 3 N–H and O–H groups in total. The Labute approximate surface area is 142 Å². The second kappa shape index (κ2) is 8.23. The Morgan fingerprint density at radius 3 is 2.57 bits per heavy atom. The number of carbonyl (C=O) groups excluding carboxylic acids is 2. The molecule has 0 spiro atoms. The van der Waals surface area contributed by atoms with E-state index in [0.29, 0.717) is 24.5 Å². The smallest absolute Gasteiger partial charge is 0.271 e. The summed E-state index contributed by atoms with van der Waals surface area (Å²) in [6.07, 6.45) is 0. The van der Waals surface area contributed by atoms with Crippen molar-refractivity contribution >= 4 is 33.6 Å². The summed E-state index contributed by atoms with van der Waals surface area (Å²) >= 11 is 3.33. The number of hydrogen-bond acceptors (Lipinski definition) is 5. The molecule has 0 saturated carbocycles. The van der Waals surface area contributed by atoms with Crippen LogP contribution in [-0.4, -0.2) is 42.1 Å². The van der Waals surface area contributed by atoms with Gasteiger partial charge in [-0.05, 0) is 30.3 Å². The standard InChI is InChI=1S/C15H16BrN5O2/c1-17-15(23)12-5-6-13(21-20-12)18-7-8-19-14(22)10-3-2-4-11(16)9-10/h2-6,9H,7-8H2,1H3,(H,17,23)(H,18,21)(H,19,22). The summed E-state index contributed by atoms with van der Waals surface area (Å²) in [6.45, 7) is 0.929. The fraction of sp³-hybridized carbons (Fsp3) is 0.200. The summed E-state index contributed by atoms with van der Waals surface area (Å²) < 4.78 is 0.856. The summed E-state index contributed by atoms with van der Waals surface area (Å²) in [4.78, 5) is 23.3. The summed E-state index contributed by atoms with van der Waals surface area (Å²) in [5, 5.41) is 16.0. The summed E-state index contributed by atoms with van der Waals surface area (Å²) in [6, 6.07) is 10.4. The monoisotopic (exact) mass is 377 g/mol. The zero-order chi connectivity index (χ0) is 16.7. The molecule has 1 heterocycles. The van der Waals surface area contributed by atoms with Crippen molar-refractivity contribution in [3.05, 3.63) is 52.1 Å². The normalized spacial score (nSPS) is 10.0. The molecule has 7 nitrogen and oxygen atoms in total. The van der Waals surface area contributed by atoms with Gasteiger partial charge in [-0.3, -0.25) is 9.59 Å². The number of amides is 2. The highest BCUT2D eigenvalue weighted by Gasteiger charge is 2.06. The maximum absolute atomic E-state index is 11.9. The molecule has 0 aliphatic rings. The summed E-state index contributed by atoms with van der Waals surface area (Å²) in [5.74, 6) is 0.105. The highest BCUT2D eigenvalue weighted by atomic mass is 79.9. The molecule has 0 fully saturated rings. The van der Waals surface area contributed by atoms with Gasteiger partial charge in [0.25, 0.3) is 11.8 Å². The molecule has 0 unspecified atom stereocenters. The molecule has 0 aliphatic heterocycles. The molecule has 1 aromatic carbocycles. The number of aromatic nitrogens is 2. The van der Waals surface area contributed by atoms with Gasteiger partial charge in [0.2, 0.25) is 0 Å². The van der Waals surface area contributed by atoms with E-state index in [1.54, 1.807) is 30.3 Å². The number of nitrogens with one attached hydrogen (secondary N) is 3. The Kier molecular flexibility index (Phi) is 6.04. The first-order valence-corrected chi connectivity index (χ1v) is 7.73. The van der Waals surface area contributed by atoms with E-state index in [1.165, 1.54) is 7.05 Å². The first kappa shape index (κ1) is 16.9. The molecule has 2 amide bonds. The topological polar surface area (TPSA) is 96.0 Å². The van der Waals surface area contributed by atoms with Crippen LogP contribution in [0, 0.1) is 0 Å². The summed E-state index contributed by atoms with van der Waals surface area (Å²) in [7, 11) is 1.53. The SMILES string of the molecule is CNC(=O)c1ccc(NCCNC(=O)c2cccc(Br)c2)nn1. The molecule has 1 aromatic heterocycles. The van der Waals surface area contributed by atoms with E-state index < -0.39 is 0 Å². The number of halogens is 1. The van der Waals surface area contributed by atoms with Crippen LogP contribution in [0.3, 0.4) is 0 Å². The Morgan fingerprint density at radius 2 is 1.91 bits per heavy atom. The Morgan fingerprint density at radius 1 is 1.09 bits per heavy atom. The zero-order valence-corrected chi connectivity index (χ0v) is 14.1. The average molecular weight is 378 g/mol. The van der Waals surface area contributed by atoms with Crippen molar-refractivity contribution < 1.29 is 9.59 Å². The van der Waals surface area contributed by atoms with Gasteiger partial charge >= 0.3 is 0 Å². The number of nitrogens with zero attached hydrogens (tertiary/aromatic N) is 2. The lowest BCUT2D eigenvalue weighted by Crippen LogP contribution is -2.29. The molecule has 0 aliphatic carbocycles.